The molecule has 2 aromatic heterocycles. The molecule has 26 heavy (non-hydrogen) atoms. The molecule has 4 aromatic rings. The minimum Gasteiger partial charge on any atom is -0.334 e. The molecule has 0 spiro atoms. The average Bonchev–Trinajstić information content (AvgIpc) is 3.12. The van der Waals surface area contributed by atoms with E-state index in [1.165, 1.54) is 0 Å². The molecular weight excluding hydrogens is 344 g/mol. The fourth-order valence-corrected chi connectivity index (χ4v) is 3.55. The van der Waals surface area contributed by atoms with Gasteiger partial charge in [-0.1, -0.05) is 30.3 Å². The second-order valence-electron chi connectivity index (χ2n) is 5.74. The number of nitrogens with one attached hydrogen (secondary N) is 2. The van der Waals surface area contributed by atoms with Crippen molar-refractivity contribution in [3.05, 3.63) is 78.6 Å². The molecule has 0 saturated heterocycles. The Hall–Kier alpha value is -3.25. The Bertz CT molecular complexity index is 1010. The monoisotopic (exact) mass is 360 g/mol. The number of carbonyl (C=O) groups is 1. The summed E-state index contributed by atoms with van der Waals surface area (Å²) in [7, 11) is 0. The number of aromatic nitrogens is 2. The highest BCUT2D eigenvalue weighted by molar-refractivity contribution is 7.21. The van der Waals surface area contributed by atoms with E-state index >= 15 is 0 Å². The lowest BCUT2D eigenvalue weighted by molar-refractivity contribution is 0.251. The largest absolute Gasteiger partial charge is 0.334 e. The SMILES string of the molecule is O=C(NCc1cccnc1)Nc1cccc(-c2nc3ccccc3s2)c1. The summed E-state index contributed by atoms with van der Waals surface area (Å²) in [5.41, 5.74) is 3.65. The number of rotatable bonds is 4. The van der Waals surface area contributed by atoms with Crippen molar-refractivity contribution in [2.75, 3.05) is 5.32 Å². The van der Waals surface area contributed by atoms with E-state index in [1.807, 2.05) is 54.6 Å². The average molecular weight is 360 g/mol. The standard InChI is InChI=1S/C20H16N4OS/c25-20(22-13-14-5-4-10-21-12-14)23-16-7-3-6-15(11-16)19-24-17-8-1-2-9-18(17)26-19/h1-12H,13H2,(H2,22,23,25). The van der Waals surface area contributed by atoms with Crippen LogP contribution in [0.5, 0.6) is 0 Å². The molecule has 2 N–H and O–H groups in total. The van der Waals surface area contributed by atoms with Crippen molar-refractivity contribution in [1.29, 1.82) is 0 Å². The van der Waals surface area contributed by atoms with Crippen molar-refractivity contribution in [2.45, 2.75) is 6.54 Å². The van der Waals surface area contributed by atoms with E-state index in [0.717, 1.165) is 32.0 Å². The van der Waals surface area contributed by atoms with E-state index < -0.39 is 0 Å². The Kier molecular flexibility index (Phi) is 4.57. The molecular formula is C20H16N4OS. The van der Waals surface area contributed by atoms with Crippen molar-refractivity contribution in [3.8, 4) is 10.6 Å². The van der Waals surface area contributed by atoms with E-state index in [1.54, 1.807) is 23.7 Å². The van der Waals surface area contributed by atoms with Crippen LogP contribution in [0.4, 0.5) is 10.5 Å². The first kappa shape index (κ1) is 16.2. The minimum absolute atomic E-state index is 0.254. The van der Waals surface area contributed by atoms with Crippen LogP contribution in [0, 0.1) is 0 Å². The first-order chi connectivity index (χ1) is 12.8. The number of amides is 2. The maximum Gasteiger partial charge on any atom is 0.319 e. The number of nitrogens with zero attached hydrogens (tertiary/aromatic N) is 2. The maximum absolute atomic E-state index is 12.1. The minimum atomic E-state index is -0.254. The Labute approximate surface area is 154 Å². The first-order valence-corrected chi connectivity index (χ1v) is 8.99. The van der Waals surface area contributed by atoms with E-state index in [9.17, 15) is 4.79 Å². The fourth-order valence-electron chi connectivity index (χ4n) is 2.59. The Morgan fingerprint density at radius 2 is 1.96 bits per heavy atom. The van der Waals surface area contributed by atoms with E-state index in [2.05, 4.69) is 26.7 Å². The number of thiazole rings is 1. The van der Waals surface area contributed by atoms with Gasteiger partial charge in [-0.15, -0.1) is 11.3 Å². The number of anilines is 1. The highest BCUT2D eigenvalue weighted by Crippen LogP contribution is 2.31. The summed E-state index contributed by atoms with van der Waals surface area (Å²) in [6.45, 7) is 0.428. The van der Waals surface area contributed by atoms with Crippen molar-refractivity contribution >= 4 is 33.3 Å². The van der Waals surface area contributed by atoms with Gasteiger partial charge in [0.25, 0.3) is 0 Å². The summed E-state index contributed by atoms with van der Waals surface area (Å²) in [5, 5.41) is 6.62. The summed E-state index contributed by atoms with van der Waals surface area (Å²) >= 11 is 1.64. The number of hydrogen-bond acceptors (Lipinski definition) is 4. The molecule has 0 aliphatic rings. The zero-order valence-electron chi connectivity index (χ0n) is 13.8. The Balaban J connectivity index is 1.46. The van der Waals surface area contributed by atoms with Gasteiger partial charge in [0.1, 0.15) is 5.01 Å². The predicted octanol–water partition coefficient (Wildman–Crippen LogP) is 4.68. The molecule has 0 atom stereocenters. The van der Waals surface area contributed by atoms with Crippen molar-refractivity contribution in [2.24, 2.45) is 0 Å². The van der Waals surface area contributed by atoms with Crippen LogP contribution < -0.4 is 10.6 Å². The normalized spacial score (nSPS) is 10.6. The van der Waals surface area contributed by atoms with Gasteiger partial charge in [-0.05, 0) is 35.9 Å². The molecule has 2 aromatic carbocycles. The molecule has 0 radical (unpaired) electrons. The summed E-state index contributed by atoms with van der Waals surface area (Å²) in [6.07, 6.45) is 3.44. The fraction of sp³-hybridized carbons (Fsp3) is 0.0500. The highest BCUT2D eigenvalue weighted by Gasteiger charge is 2.08. The number of hydrogen-bond donors (Lipinski definition) is 2. The van der Waals surface area contributed by atoms with Crippen molar-refractivity contribution < 1.29 is 4.79 Å². The zero-order chi connectivity index (χ0) is 17.8. The quantitative estimate of drug-likeness (QED) is 0.555. The topological polar surface area (TPSA) is 66.9 Å². The van der Waals surface area contributed by atoms with Crippen LogP contribution in [-0.4, -0.2) is 16.0 Å². The second kappa shape index (κ2) is 7.33. The summed E-state index contributed by atoms with van der Waals surface area (Å²) < 4.78 is 1.15. The molecule has 0 aliphatic heterocycles. The summed E-state index contributed by atoms with van der Waals surface area (Å²) in [5.74, 6) is 0. The van der Waals surface area contributed by atoms with Crippen LogP contribution in [-0.2, 0) is 6.54 Å². The van der Waals surface area contributed by atoms with Gasteiger partial charge in [0.15, 0.2) is 0 Å². The molecule has 5 nitrogen and oxygen atoms in total. The van der Waals surface area contributed by atoms with Gasteiger partial charge in [0.2, 0.25) is 0 Å². The first-order valence-electron chi connectivity index (χ1n) is 8.18. The predicted molar refractivity (Wildman–Crippen MR) is 105 cm³/mol. The third kappa shape index (κ3) is 3.70. The lowest BCUT2D eigenvalue weighted by atomic mass is 10.2. The van der Waals surface area contributed by atoms with E-state index in [-0.39, 0.29) is 6.03 Å². The van der Waals surface area contributed by atoms with Crippen LogP contribution in [0.15, 0.2) is 73.1 Å². The summed E-state index contributed by atoms with van der Waals surface area (Å²) in [6, 6.07) is 19.3. The van der Waals surface area contributed by atoms with Crippen LogP contribution >= 0.6 is 11.3 Å². The Morgan fingerprint density at radius 3 is 2.81 bits per heavy atom. The molecule has 0 fully saturated rings. The molecule has 6 heteroatoms. The smallest absolute Gasteiger partial charge is 0.319 e. The lowest BCUT2D eigenvalue weighted by Gasteiger charge is -2.08. The number of benzene rings is 2. The molecule has 0 aliphatic carbocycles. The molecule has 0 bridgehead atoms. The third-order valence-electron chi connectivity index (χ3n) is 3.84. The molecule has 2 heterocycles. The van der Waals surface area contributed by atoms with Gasteiger partial charge in [-0.2, -0.15) is 0 Å². The van der Waals surface area contributed by atoms with Crippen LogP contribution in [0.3, 0.4) is 0 Å². The van der Waals surface area contributed by atoms with Crippen LogP contribution in [0.1, 0.15) is 5.56 Å². The van der Waals surface area contributed by atoms with Gasteiger partial charge in [-0.3, -0.25) is 4.98 Å². The van der Waals surface area contributed by atoms with Crippen molar-refractivity contribution in [3.63, 3.8) is 0 Å². The number of urea groups is 1. The number of para-hydroxylation sites is 1. The number of carbonyl (C=O) groups excluding carboxylic acids is 1. The highest BCUT2D eigenvalue weighted by atomic mass is 32.1. The Morgan fingerprint density at radius 1 is 1.04 bits per heavy atom. The maximum atomic E-state index is 12.1. The van der Waals surface area contributed by atoms with Gasteiger partial charge in [0, 0.05) is 30.2 Å². The van der Waals surface area contributed by atoms with Crippen LogP contribution in [0.2, 0.25) is 0 Å². The van der Waals surface area contributed by atoms with Gasteiger partial charge in [-0.25, -0.2) is 9.78 Å². The molecule has 0 unspecified atom stereocenters. The van der Waals surface area contributed by atoms with Crippen molar-refractivity contribution in [1.82, 2.24) is 15.3 Å². The van der Waals surface area contributed by atoms with Crippen LogP contribution in [0.25, 0.3) is 20.8 Å². The molecule has 0 saturated carbocycles. The van der Waals surface area contributed by atoms with E-state index in [4.69, 9.17) is 0 Å². The third-order valence-corrected chi connectivity index (χ3v) is 4.92. The van der Waals surface area contributed by atoms with Gasteiger partial charge in [0.05, 0.1) is 10.2 Å². The molecule has 128 valence electrons. The number of fused-ring (bicyclic) bond motifs is 1. The van der Waals surface area contributed by atoms with Gasteiger partial charge >= 0.3 is 6.03 Å². The number of pyridine rings is 1. The molecule has 4 rings (SSSR count). The lowest BCUT2D eigenvalue weighted by Crippen LogP contribution is -2.28. The second-order valence-corrected chi connectivity index (χ2v) is 6.77. The summed E-state index contributed by atoms with van der Waals surface area (Å²) in [4.78, 5) is 20.8. The molecule has 2 amide bonds. The van der Waals surface area contributed by atoms with Gasteiger partial charge < -0.3 is 10.6 Å². The van der Waals surface area contributed by atoms with E-state index in [0.29, 0.717) is 6.54 Å². The zero-order valence-corrected chi connectivity index (χ0v) is 14.7.